The molecule has 0 aliphatic carbocycles. The zero-order valence-corrected chi connectivity index (χ0v) is 15.8. The van der Waals surface area contributed by atoms with Crippen molar-refractivity contribution in [3.63, 3.8) is 0 Å². The lowest BCUT2D eigenvalue weighted by atomic mass is 10.0. The van der Waals surface area contributed by atoms with Crippen LogP contribution < -0.4 is 4.90 Å². The molecule has 0 spiro atoms. The monoisotopic (exact) mass is 380 g/mol. The molecule has 138 valence electrons. The van der Waals surface area contributed by atoms with Gasteiger partial charge in [-0.25, -0.2) is 13.4 Å². The number of rotatable bonds is 4. The highest BCUT2D eigenvalue weighted by Crippen LogP contribution is 2.30. The molecule has 1 aliphatic rings. The highest BCUT2D eigenvalue weighted by molar-refractivity contribution is 7.91. The number of nitrogens with zero attached hydrogens (tertiary/aromatic N) is 4. The van der Waals surface area contributed by atoms with Gasteiger partial charge in [0.25, 0.3) is 0 Å². The molecule has 0 radical (unpaired) electrons. The van der Waals surface area contributed by atoms with Gasteiger partial charge in [-0.05, 0) is 6.42 Å². The summed E-state index contributed by atoms with van der Waals surface area (Å²) in [5, 5.41) is 8.75. The molecule has 6 nitrogen and oxygen atoms in total. The normalized spacial score (nSPS) is 18.3. The summed E-state index contributed by atoms with van der Waals surface area (Å²) in [4.78, 5) is 6.60. The van der Waals surface area contributed by atoms with Crippen LogP contribution in [0.15, 0.2) is 60.7 Å². The van der Waals surface area contributed by atoms with Gasteiger partial charge < -0.3 is 4.90 Å². The first kappa shape index (κ1) is 17.6. The maximum absolute atomic E-state index is 11.8. The van der Waals surface area contributed by atoms with Crippen LogP contribution in [0, 0.1) is 0 Å². The van der Waals surface area contributed by atoms with Gasteiger partial charge in [0, 0.05) is 24.2 Å². The molecule has 1 atom stereocenters. The highest BCUT2D eigenvalue weighted by Gasteiger charge is 2.32. The van der Waals surface area contributed by atoms with E-state index < -0.39 is 9.84 Å². The predicted molar refractivity (Wildman–Crippen MR) is 106 cm³/mol. The second kappa shape index (κ2) is 7.08. The van der Waals surface area contributed by atoms with Gasteiger partial charge in [0.2, 0.25) is 5.95 Å². The van der Waals surface area contributed by atoms with E-state index in [0.29, 0.717) is 18.1 Å². The maximum Gasteiger partial charge on any atom is 0.245 e. The largest absolute Gasteiger partial charge is 0.339 e. The molecule has 4 rings (SSSR count). The summed E-state index contributed by atoms with van der Waals surface area (Å²) in [7, 11) is -1.15. The van der Waals surface area contributed by atoms with Gasteiger partial charge in [0.1, 0.15) is 11.4 Å². The van der Waals surface area contributed by atoms with E-state index in [4.69, 9.17) is 4.98 Å². The maximum atomic E-state index is 11.8. The Bertz CT molecular complexity index is 1040. The minimum atomic E-state index is -2.98. The molecule has 0 bridgehead atoms. The van der Waals surface area contributed by atoms with Gasteiger partial charge in [-0.2, -0.15) is 0 Å². The molecule has 3 aromatic rings. The van der Waals surface area contributed by atoms with Crippen LogP contribution in [0.5, 0.6) is 0 Å². The molecule has 1 saturated heterocycles. The van der Waals surface area contributed by atoms with E-state index >= 15 is 0 Å². The molecule has 2 aromatic carbocycles. The molecule has 0 amide bonds. The molecule has 0 saturated carbocycles. The molecule has 27 heavy (non-hydrogen) atoms. The number of hydrogen-bond acceptors (Lipinski definition) is 6. The van der Waals surface area contributed by atoms with E-state index in [9.17, 15) is 8.42 Å². The van der Waals surface area contributed by atoms with Crippen molar-refractivity contribution in [2.75, 3.05) is 23.5 Å². The van der Waals surface area contributed by atoms with Gasteiger partial charge in [0.15, 0.2) is 9.84 Å². The van der Waals surface area contributed by atoms with E-state index in [1.807, 2.05) is 72.6 Å². The van der Waals surface area contributed by atoms with Crippen LogP contribution in [0.1, 0.15) is 6.42 Å². The van der Waals surface area contributed by atoms with Crippen LogP contribution in [0.4, 0.5) is 5.95 Å². The van der Waals surface area contributed by atoms with Crippen molar-refractivity contribution in [3.8, 4) is 22.5 Å². The third-order valence-electron chi connectivity index (χ3n) is 4.84. The number of sulfone groups is 1. The molecular weight excluding hydrogens is 360 g/mol. The van der Waals surface area contributed by atoms with Crippen LogP contribution in [0.3, 0.4) is 0 Å². The van der Waals surface area contributed by atoms with E-state index in [1.54, 1.807) is 0 Å². The summed E-state index contributed by atoms with van der Waals surface area (Å²) < 4.78 is 23.6. The van der Waals surface area contributed by atoms with Crippen molar-refractivity contribution in [1.29, 1.82) is 0 Å². The second-order valence-electron chi connectivity index (χ2n) is 6.71. The van der Waals surface area contributed by atoms with Crippen LogP contribution in [-0.4, -0.2) is 48.2 Å². The molecule has 1 fully saturated rings. The van der Waals surface area contributed by atoms with Crippen molar-refractivity contribution in [1.82, 2.24) is 15.2 Å². The smallest absolute Gasteiger partial charge is 0.245 e. The van der Waals surface area contributed by atoms with Gasteiger partial charge in [-0.3, -0.25) is 0 Å². The lowest BCUT2D eigenvalue weighted by Crippen LogP contribution is -2.34. The molecule has 2 heterocycles. The van der Waals surface area contributed by atoms with Crippen LogP contribution in [-0.2, 0) is 9.84 Å². The SMILES string of the molecule is CN(c1nnc(-c2ccccc2)c(-c2ccccc2)n1)[C@@H]1CCS(=O)(=O)C1. The van der Waals surface area contributed by atoms with Crippen molar-refractivity contribution in [2.24, 2.45) is 0 Å². The highest BCUT2D eigenvalue weighted by atomic mass is 32.2. The first-order chi connectivity index (χ1) is 13.0. The van der Waals surface area contributed by atoms with Crippen LogP contribution >= 0.6 is 0 Å². The average molecular weight is 380 g/mol. The predicted octanol–water partition coefficient (Wildman–Crippen LogP) is 2.83. The Morgan fingerprint density at radius 2 is 1.48 bits per heavy atom. The van der Waals surface area contributed by atoms with Gasteiger partial charge in [0.05, 0.1) is 11.5 Å². The quantitative estimate of drug-likeness (QED) is 0.693. The van der Waals surface area contributed by atoms with Crippen molar-refractivity contribution in [2.45, 2.75) is 12.5 Å². The number of aromatic nitrogens is 3. The van der Waals surface area contributed by atoms with Gasteiger partial charge in [-0.1, -0.05) is 60.7 Å². The number of anilines is 1. The van der Waals surface area contributed by atoms with E-state index in [-0.39, 0.29) is 17.5 Å². The standard InChI is InChI=1S/C20H20N4O2S/c1-24(17-12-13-27(25,26)14-17)20-21-18(15-8-4-2-5-9-15)19(22-23-20)16-10-6-3-7-11-16/h2-11,17H,12-14H2,1H3/t17-/m1/s1. The summed E-state index contributed by atoms with van der Waals surface area (Å²) >= 11 is 0. The summed E-state index contributed by atoms with van der Waals surface area (Å²) in [6.45, 7) is 0. The Hall–Kier alpha value is -2.80. The Labute approximate surface area is 158 Å². The lowest BCUT2D eigenvalue weighted by molar-refractivity contribution is 0.600. The number of benzene rings is 2. The summed E-state index contributed by atoms with van der Waals surface area (Å²) in [6.07, 6.45) is 0.587. The van der Waals surface area contributed by atoms with Crippen LogP contribution in [0.2, 0.25) is 0 Å². The molecule has 0 unspecified atom stereocenters. The lowest BCUT2D eigenvalue weighted by Gasteiger charge is -2.23. The first-order valence-electron chi connectivity index (χ1n) is 8.82. The molecule has 1 aliphatic heterocycles. The van der Waals surface area contributed by atoms with E-state index in [1.165, 1.54) is 0 Å². The average Bonchev–Trinajstić information content (AvgIpc) is 3.08. The Morgan fingerprint density at radius 1 is 0.889 bits per heavy atom. The summed E-state index contributed by atoms with van der Waals surface area (Å²) in [5.74, 6) is 0.785. The van der Waals surface area contributed by atoms with Gasteiger partial charge in [-0.15, -0.1) is 10.2 Å². The summed E-state index contributed by atoms with van der Waals surface area (Å²) in [6, 6.07) is 19.5. The Morgan fingerprint density at radius 3 is 2.04 bits per heavy atom. The molecule has 0 N–H and O–H groups in total. The Kier molecular flexibility index (Phi) is 4.61. The minimum Gasteiger partial charge on any atom is -0.339 e. The fraction of sp³-hybridized carbons (Fsp3) is 0.250. The Balaban J connectivity index is 1.77. The van der Waals surface area contributed by atoms with Gasteiger partial charge >= 0.3 is 0 Å². The zero-order valence-electron chi connectivity index (χ0n) is 15.0. The van der Waals surface area contributed by atoms with Crippen molar-refractivity contribution in [3.05, 3.63) is 60.7 Å². The third kappa shape index (κ3) is 3.68. The van der Waals surface area contributed by atoms with Crippen molar-refractivity contribution < 1.29 is 8.42 Å². The van der Waals surface area contributed by atoms with Crippen molar-refractivity contribution >= 4 is 15.8 Å². The topological polar surface area (TPSA) is 76.1 Å². The van der Waals surface area contributed by atoms with Crippen LogP contribution in [0.25, 0.3) is 22.5 Å². The third-order valence-corrected chi connectivity index (χ3v) is 6.59. The molecule has 7 heteroatoms. The fourth-order valence-electron chi connectivity index (χ4n) is 3.30. The molecule has 1 aromatic heterocycles. The number of hydrogen-bond donors (Lipinski definition) is 0. The zero-order chi connectivity index (χ0) is 18.9. The van der Waals surface area contributed by atoms with E-state index in [2.05, 4.69) is 10.2 Å². The second-order valence-corrected chi connectivity index (χ2v) is 8.94. The first-order valence-corrected chi connectivity index (χ1v) is 10.6. The fourth-order valence-corrected chi connectivity index (χ4v) is 5.07. The van der Waals surface area contributed by atoms with E-state index in [0.717, 1.165) is 16.8 Å². The molecular formula is C20H20N4O2S. The summed E-state index contributed by atoms with van der Waals surface area (Å²) in [5.41, 5.74) is 3.33. The minimum absolute atomic E-state index is 0.122.